The molecule has 11 heteroatoms. The zero-order valence-electron chi connectivity index (χ0n) is 20.3. The van der Waals surface area contributed by atoms with Gasteiger partial charge >= 0.3 is 0 Å². The molecular weight excluding hydrogens is 497 g/mol. The molecule has 9 nitrogen and oxygen atoms in total. The summed E-state index contributed by atoms with van der Waals surface area (Å²) < 4.78 is 22.1. The molecule has 0 aliphatic heterocycles. The normalized spacial score (nSPS) is 11.7. The molecule has 0 aliphatic rings. The largest absolute Gasteiger partial charge is 0.492 e. The van der Waals surface area contributed by atoms with Crippen LogP contribution in [0, 0.1) is 0 Å². The van der Waals surface area contributed by atoms with Gasteiger partial charge in [0.1, 0.15) is 28.0 Å². The van der Waals surface area contributed by atoms with Crippen LogP contribution in [-0.2, 0) is 9.59 Å². The molecule has 35 heavy (non-hydrogen) atoms. The number of nitrogens with zero attached hydrogens (tertiary/aromatic N) is 2. The molecule has 1 N–H and O–H groups in total. The number of carbonyl (C=O) groups excluding carboxylic acids is 2. The zero-order valence-corrected chi connectivity index (χ0v) is 21.8. The van der Waals surface area contributed by atoms with Gasteiger partial charge in [0.2, 0.25) is 6.04 Å². The summed E-state index contributed by atoms with van der Waals surface area (Å²) in [6, 6.07) is 4.83. The van der Waals surface area contributed by atoms with Gasteiger partial charge in [0.05, 0.1) is 37.1 Å². The molecule has 2 aromatic carbocycles. The molecule has 190 valence electrons. The van der Waals surface area contributed by atoms with Crippen LogP contribution < -0.4 is 24.3 Å². The molecule has 0 aliphatic carbocycles. The molecule has 2 aromatic rings. The first-order valence-electron chi connectivity index (χ1n) is 11.2. The van der Waals surface area contributed by atoms with Crippen LogP contribution in [0.3, 0.4) is 0 Å². The van der Waals surface area contributed by atoms with Crippen molar-refractivity contribution in [3.8, 4) is 23.0 Å². The van der Waals surface area contributed by atoms with E-state index in [9.17, 15) is 9.59 Å². The number of rotatable bonds is 13. The van der Waals surface area contributed by atoms with Crippen LogP contribution in [0.2, 0.25) is 10.0 Å². The number of ketones is 1. The Hall–Kier alpha value is -3.04. The summed E-state index contributed by atoms with van der Waals surface area (Å²) in [4.78, 5) is 25.3. The van der Waals surface area contributed by atoms with Crippen molar-refractivity contribution < 1.29 is 28.5 Å². The molecule has 2 rings (SSSR count). The molecule has 0 radical (unpaired) electrons. The van der Waals surface area contributed by atoms with E-state index in [1.54, 1.807) is 32.9 Å². The van der Waals surface area contributed by atoms with Crippen LogP contribution in [-0.4, -0.2) is 44.2 Å². The molecule has 1 unspecified atom stereocenters. The van der Waals surface area contributed by atoms with Gasteiger partial charge in [-0.3, -0.25) is 9.59 Å². The smallest absolute Gasteiger partial charge is 0.258 e. The molecule has 0 aromatic heterocycles. The minimum atomic E-state index is -1.43. The average Bonchev–Trinajstić information content (AvgIpc) is 2.81. The number of hydrogen-bond donors (Lipinski definition) is 1. The molecule has 0 heterocycles. The monoisotopic (exact) mass is 525 g/mol. The van der Waals surface area contributed by atoms with Crippen molar-refractivity contribution in [2.24, 2.45) is 10.2 Å². The Labute approximate surface area is 214 Å². The summed E-state index contributed by atoms with van der Waals surface area (Å²) in [5.41, 5.74) is 0.532. The van der Waals surface area contributed by atoms with Crippen LogP contribution in [0.4, 0.5) is 11.4 Å². The fourth-order valence-electron chi connectivity index (χ4n) is 2.97. The number of anilines is 1. The highest BCUT2D eigenvalue weighted by Crippen LogP contribution is 2.42. The van der Waals surface area contributed by atoms with Gasteiger partial charge in [-0.2, -0.15) is 10.2 Å². The molecule has 0 spiro atoms. The number of nitrogens with one attached hydrogen (secondary N) is 1. The lowest BCUT2D eigenvalue weighted by Gasteiger charge is -2.16. The minimum Gasteiger partial charge on any atom is -0.492 e. The Kier molecular flexibility index (Phi) is 11.1. The van der Waals surface area contributed by atoms with Crippen LogP contribution >= 0.6 is 23.2 Å². The minimum absolute atomic E-state index is 0.222. The lowest BCUT2D eigenvalue weighted by Crippen LogP contribution is -2.32. The number of azo groups is 1. The number of ether oxygens (including phenoxy) is 4. The van der Waals surface area contributed by atoms with Crippen molar-refractivity contribution in [3.63, 3.8) is 0 Å². The Morgan fingerprint density at radius 1 is 0.886 bits per heavy atom. The quantitative estimate of drug-likeness (QED) is 0.244. The second-order valence-electron chi connectivity index (χ2n) is 6.95. The van der Waals surface area contributed by atoms with E-state index in [1.165, 1.54) is 19.1 Å². The molecule has 0 saturated carbocycles. The highest BCUT2D eigenvalue weighted by atomic mass is 35.5. The van der Waals surface area contributed by atoms with Crippen molar-refractivity contribution in [2.75, 3.05) is 31.7 Å². The number of Topliss-reactive ketones (excluding diaryl/α,β-unsaturated/α-hetero) is 1. The van der Waals surface area contributed by atoms with E-state index in [2.05, 4.69) is 15.5 Å². The lowest BCUT2D eigenvalue weighted by molar-refractivity contribution is -0.126. The second-order valence-corrected chi connectivity index (χ2v) is 7.74. The maximum Gasteiger partial charge on any atom is 0.258 e. The molecule has 1 atom stereocenters. The average molecular weight is 526 g/mol. The van der Waals surface area contributed by atoms with Crippen LogP contribution in [0.1, 0.15) is 34.6 Å². The van der Waals surface area contributed by atoms with Crippen LogP contribution in [0.25, 0.3) is 0 Å². The Bertz CT molecular complexity index is 1080. The maximum atomic E-state index is 13.0. The second kappa shape index (κ2) is 13.7. The van der Waals surface area contributed by atoms with Gasteiger partial charge in [-0.25, -0.2) is 0 Å². The van der Waals surface area contributed by atoms with Gasteiger partial charge < -0.3 is 24.3 Å². The Morgan fingerprint density at radius 3 is 2.09 bits per heavy atom. The highest BCUT2D eigenvalue weighted by molar-refractivity contribution is 6.34. The van der Waals surface area contributed by atoms with E-state index in [-0.39, 0.29) is 22.1 Å². The zero-order chi connectivity index (χ0) is 26.0. The highest BCUT2D eigenvalue weighted by Gasteiger charge is 2.25. The van der Waals surface area contributed by atoms with Crippen LogP contribution in [0.15, 0.2) is 34.5 Å². The van der Waals surface area contributed by atoms with Gasteiger partial charge in [-0.1, -0.05) is 23.2 Å². The number of benzene rings is 2. The van der Waals surface area contributed by atoms with Crippen molar-refractivity contribution >= 4 is 46.3 Å². The van der Waals surface area contributed by atoms with Gasteiger partial charge in [0.15, 0.2) is 11.5 Å². The Morgan fingerprint density at radius 2 is 1.49 bits per heavy atom. The standard InChI is InChI=1S/C24H29Cl2N3O6/c1-6-32-18-11-10-16(23(21(18)26)35-9-4)28-29-22(14(5)30)24(31)27-17-13-19(33-7-2)15(25)12-20(17)34-8-3/h10-13,22H,6-9H2,1-5H3,(H,27,31). The molecule has 1 amide bonds. The SMILES string of the molecule is CCOc1cc(NC(=O)C(N=Nc2ccc(OCC)c(Cl)c2OCC)C(C)=O)c(OCC)cc1Cl. The summed E-state index contributed by atoms with van der Waals surface area (Å²) in [6.45, 7) is 9.89. The van der Waals surface area contributed by atoms with Crippen molar-refractivity contribution in [3.05, 3.63) is 34.3 Å². The van der Waals surface area contributed by atoms with E-state index in [0.29, 0.717) is 48.7 Å². The predicted molar refractivity (Wildman–Crippen MR) is 135 cm³/mol. The van der Waals surface area contributed by atoms with Gasteiger partial charge in [-0.05, 0) is 46.8 Å². The summed E-state index contributed by atoms with van der Waals surface area (Å²) >= 11 is 12.6. The van der Waals surface area contributed by atoms with Crippen molar-refractivity contribution in [2.45, 2.75) is 40.7 Å². The number of halogens is 2. The summed E-state index contributed by atoms with van der Waals surface area (Å²) in [5, 5.41) is 11.3. The fourth-order valence-corrected chi connectivity index (χ4v) is 3.45. The fraction of sp³-hybridized carbons (Fsp3) is 0.417. The summed E-state index contributed by atoms with van der Waals surface area (Å²) in [7, 11) is 0. The van der Waals surface area contributed by atoms with Crippen molar-refractivity contribution in [1.29, 1.82) is 0 Å². The van der Waals surface area contributed by atoms with E-state index < -0.39 is 17.7 Å². The first-order valence-corrected chi connectivity index (χ1v) is 11.9. The lowest BCUT2D eigenvalue weighted by atomic mass is 10.2. The van der Waals surface area contributed by atoms with Gasteiger partial charge in [0, 0.05) is 12.1 Å². The molecule has 0 fully saturated rings. The summed E-state index contributed by atoms with van der Waals surface area (Å²) in [5.74, 6) is 0.128. The maximum absolute atomic E-state index is 13.0. The van der Waals surface area contributed by atoms with Crippen LogP contribution in [0.5, 0.6) is 23.0 Å². The van der Waals surface area contributed by atoms with Gasteiger partial charge in [-0.15, -0.1) is 0 Å². The van der Waals surface area contributed by atoms with Gasteiger partial charge in [0.25, 0.3) is 5.91 Å². The topological polar surface area (TPSA) is 108 Å². The third-order valence-corrected chi connectivity index (χ3v) is 5.09. The molecule has 0 saturated heterocycles. The first-order chi connectivity index (χ1) is 16.8. The Balaban J connectivity index is 2.38. The number of carbonyl (C=O) groups is 2. The van der Waals surface area contributed by atoms with E-state index in [0.717, 1.165) is 0 Å². The van der Waals surface area contributed by atoms with E-state index in [1.807, 2.05) is 6.92 Å². The number of amides is 1. The predicted octanol–water partition coefficient (Wildman–Crippen LogP) is 6.27. The van der Waals surface area contributed by atoms with E-state index in [4.69, 9.17) is 42.1 Å². The molecule has 0 bridgehead atoms. The summed E-state index contributed by atoms with van der Waals surface area (Å²) in [6.07, 6.45) is 0. The van der Waals surface area contributed by atoms with E-state index >= 15 is 0 Å². The molecular formula is C24H29Cl2N3O6. The third-order valence-electron chi connectivity index (χ3n) is 4.44. The van der Waals surface area contributed by atoms with Crippen molar-refractivity contribution in [1.82, 2.24) is 0 Å². The third kappa shape index (κ3) is 7.47. The number of hydrogen-bond acceptors (Lipinski definition) is 8. The first kappa shape index (κ1) is 28.2.